The number of nitrogens with zero attached hydrogens (tertiary/aromatic N) is 2. The zero-order chi connectivity index (χ0) is 20.7. The molecule has 2 atom stereocenters. The Hall–Kier alpha value is -2.74. The average Bonchev–Trinajstić information content (AvgIpc) is 2.69. The van der Waals surface area contributed by atoms with Crippen LogP contribution >= 0.6 is 8.17 Å². The van der Waals surface area contributed by atoms with Crippen molar-refractivity contribution in [3.63, 3.8) is 0 Å². The summed E-state index contributed by atoms with van der Waals surface area (Å²) in [5.41, 5.74) is 1.21. The normalized spacial score (nSPS) is 12.4. The van der Waals surface area contributed by atoms with Gasteiger partial charge < -0.3 is 24.6 Å². The molecule has 9 nitrogen and oxygen atoms in total. The highest BCUT2D eigenvalue weighted by Crippen LogP contribution is 2.34. The Balaban J connectivity index is 2.16. The highest BCUT2D eigenvalue weighted by atomic mass is 31.1. The van der Waals surface area contributed by atoms with Crippen LogP contribution in [0.5, 0.6) is 17.2 Å². The minimum absolute atomic E-state index is 0.0103. The number of aromatic hydroxyl groups is 1. The lowest BCUT2D eigenvalue weighted by molar-refractivity contribution is -0.169. The third kappa shape index (κ3) is 5.39. The van der Waals surface area contributed by atoms with E-state index in [9.17, 15) is 19.9 Å². The van der Waals surface area contributed by atoms with Gasteiger partial charge in [0.15, 0.2) is 11.8 Å². The monoisotopic (exact) mass is 408 g/mol. The fourth-order valence-corrected chi connectivity index (χ4v) is 3.00. The summed E-state index contributed by atoms with van der Waals surface area (Å²) in [7, 11) is -1.32. The number of methoxy groups -OCH3 is 1. The summed E-state index contributed by atoms with van der Waals surface area (Å²) in [5.74, 6) is -0.276. The van der Waals surface area contributed by atoms with Gasteiger partial charge in [0, 0.05) is 17.3 Å². The summed E-state index contributed by atoms with van der Waals surface area (Å²) in [5, 5.41) is 19.5. The van der Waals surface area contributed by atoms with Crippen LogP contribution in [0.15, 0.2) is 35.2 Å². The maximum Gasteiger partial charge on any atom is 0.395 e. The molecule has 0 spiro atoms. The largest absolute Gasteiger partial charge is 0.575 e. The number of benzene rings is 1. The summed E-state index contributed by atoms with van der Waals surface area (Å²) in [6.45, 7) is 2.68. The van der Waals surface area contributed by atoms with E-state index in [-0.39, 0.29) is 30.5 Å². The zero-order valence-electron chi connectivity index (χ0n) is 15.7. The molecule has 0 radical (unpaired) electrons. The van der Waals surface area contributed by atoms with E-state index in [0.717, 1.165) is 0 Å². The molecule has 0 aliphatic heterocycles. The Morgan fingerprint density at radius 2 is 2.04 bits per heavy atom. The molecule has 0 saturated carbocycles. The molecule has 2 N–H and O–H groups in total. The third-order valence-electron chi connectivity index (χ3n) is 3.81. The van der Waals surface area contributed by atoms with E-state index in [4.69, 9.17) is 9.26 Å². The first-order valence-corrected chi connectivity index (χ1v) is 9.43. The first-order valence-electron chi connectivity index (χ1n) is 8.30. The van der Waals surface area contributed by atoms with Crippen molar-refractivity contribution in [2.75, 3.05) is 7.11 Å². The Morgan fingerprint density at radius 1 is 1.36 bits per heavy atom. The molecule has 2 rings (SSSR count). The molecule has 10 heteroatoms. The van der Waals surface area contributed by atoms with Crippen LogP contribution in [-0.4, -0.2) is 34.3 Å². The Kier molecular flexibility index (Phi) is 7.69. The number of hydrogen-bond donors (Lipinski definition) is 2. The summed E-state index contributed by atoms with van der Waals surface area (Å²) in [6, 6.07) is 5.56. The van der Waals surface area contributed by atoms with Crippen molar-refractivity contribution in [2.24, 2.45) is 4.74 Å². The summed E-state index contributed by atoms with van der Waals surface area (Å²) >= 11 is 0. The van der Waals surface area contributed by atoms with Crippen LogP contribution in [-0.2, 0) is 22.7 Å². The van der Waals surface area contributed by atoms with Gasteiger partial charge in [0.05, 0.1) is 19.4 Å². The van der Waals surface area contributed by atoms with Gasteiger partial charge in [-0.3, -0.25) is 9.51 Å². The van der Waals surface area contributed by atoms with Gasteiger partial charge in [-0.05, 0) is 26.0 Å². The number of rotatable bonds is 8. The first kappa shape index (κ1) is 21.6. The highest BCUT2D eigenvalue weighted by Gasteiger charge is 2.19. The molecular weight excluding hydrogens is 387 g/mol. The van der Waals surface area contributed by atoms with Crippen LogP contribution in [0.1, 0.15) is 23.7 Å². The highest BCUT2D eigenvalue weighted by molar-refractivity contribution is 7.34. The van der Waals surface area contributed by atoms with Crippen LogP contribution in [0.4, 0.5) is 0 Å². The SMILES string of the molecule is COC(=O)[C@H](C)N=[P+]([O-])Oc1ccccc1OCc1cnc(C)c(O)c1CO. The lowest BCUT2D eigenvalue weighted by atomic mass is 10.1. The van der Waals surface area contributed by atoms with Crippen LogP contribution in [0.2, 0.25) is 0 Å². The van der Waals surface area contributed by atoms with Crippen LogP contribution in [0, 0.1) is 6.92 Å². The lowest BCUT2D eigenvalue weighted by Gasteiger charge is -2.13. The number of aliphatic hydroxyl groups excluding tert-OH is 1. The van der Waals surface area contributed by atoms with E-state index in [1.54, 1.807) is 31.2 Å². The molecule has 0 fully saturated rings. The minimum Gasteiger partial charge on any atom is -0.575 e. The van der Waals surface area contributed by atoms with Crippen LogP contribution < -0.4 is 14.2 Å². The van der Waals surface area contributed by atoms with Crippen molar-refractivity contribution in [1.82, 2.24) is 4.98 Å². The number of carbonyl (C=O) groups excluding carboxylic acids is 1. The number of para-hydroxylation sites is 2. The van der Waals surface area contributed by atoms with Gasteiger partial charge in [-0.1, -0.05) is 16.9 Å². The van der Waals surface area contributed by atoms with Gasteiger partial charge in [0.2, 0.25) is 5.75 Å². The second-order valence-corrected chi connectivity index (χ2v) is 6.62. The summed E-state index contributed by atoms with van der Waals surface area (Å²) in [4.78, 5) is 27.5. The molecule has 0 aliphatic carbocycles. The molecule has 1 heterocycles. The van der Waals surface area contributed by atoms with Crippen molar-refractivity contribution in [1.29, 1.82) is 0 Å². The molecule has 150 valence electrons. The standard InChI is InChI=1S/C18H21N2O7P/c1-11-17(22)14(9-21)13(8-19-11)10-26-15-6-4-5-7-16(15)27-28(24)20-12(2)18(23)25-3/h4-8,12,21-22H,9-10H2,1-3H3/t12-/m0/s1. The van der Waals surface area contributed by atoms with Crippen molar-refractivity contribution < 1.29 is 33.9 Å². The van der Waals surface area contributed by atoms with Crippen molar-refractivity contribution >= 4 is 14.1 Å². The maximum atomic E-state index is 12.1. The first-order chi connectivity index (χ1) is 13.4. The number of pyridine rings is 1. The second kappa shape index (κ2) is 9.98. The number of aliphatic hydroxyl groups is 1. The van der Waals surface area contributed by atoms with Gasteiger partial charge in [-0.2, -0.15) is 0 Å². The smallest absolute Gasteiger partial charge is 0.395 e. The zero-order valence-corrected chi connectivity index (χ0v) is 16.6. The topological polar surface area (TPSA) is 134 Å². The molecule has 0 amide bonds. The fraction of sp³-hybridized carbons (Fsp3) is 0.333. The summed E-state index contributed by atoms with van der Waals surface area (Å²) in [6.07, 6.45) is 1.50. The summed E-state index contributed by atoms with van der Waals surface area (Å²) < 4.78 is 19.2. The quantitative estimate of drug-likeness (QED) is 0.500. The van der Waals surface area contributed by atoms with Gasteiger partial charge in [-0.15, -0.1) is 0 Å². The minimum atomic E-state index is -2.53. The molecule has 0 aliphatic rings. The Labute approximate surface area is 163 Å². The second-order valence-electron chi connectivity index (χ2n) is 5.73. The molecule has 1 aromatic heterocycles. The Morgan fingerprint density at radius 3 is 2.68 bits per heavy atom. The number of ether oxygens (including phenoxy) is 2. The third-order valence-corrected chi connectivity index (χ3v) is 4.69. The number of carbonyl (C=O) groups is 1. The van der Waals surface area contributed by atoms with Crippen molar-refractivity contribution in [3.05, 3.63) is 47.3 Å². The average molecular weight is 408 g/mol. The molecule has 1 aromatic carbocycles. The van der Waals surface area contributed by atoms with E-state index >= 15 is 0 Å². The van der Waals surface area contributed by atoms with E-state index in [1.807, 2.05) is 0 Å². The number of aromatic nitrogens is 1. The Bertz CT molecular complexity index is 873. The maximum absolute atomic E-state index is 12.1. The lowest BCUT2D eigenvalue weighted by Crippen LogP contribution is -2.16. The number of esters is 1. The van der Waals surface area contributed by atoms with E-state index in [2.05, 4.69) is 14.5 Å². The molecule has 28 heavy (non-hydrogen) atoms. The number of hydrogen-bond acceptors (Lipinski definition) is 9. The van der Waals surface area contributed by atoms with Crippen molar-refractivity contribution in [3.8, 4) is 17.2 Å². The molecule has 2 aromatic rings. The van der Waals surface area contributed by atoms with Crippen molar-refractivity contribution in [2.45, 2.75) is 33.1 Å². The van der Waals surface area contributed by atoms with E-state index < -0.39 is 20.2 Å². The van der Waals surface area contributed by atoms with Gasteiger partial charge in [-0.25, -0.2) is 4.79 Å². The molecular formula is C18H21N2O7P. The number of aryl methyl sites for hydroxylation is 1. The molecule has 1 unspecified atom stereocenters. The van der Waals surface area contributed by atoms with Gasteiger partial charge in [0.1, 0.15) is 12.4 Å². The van der Waals surface area contributed by atoms with Gasteiger partial charge >= 0.3 is 14.1 Å². The van der Waals surface area contributed by atoms with E-state index in [1.165, 1.54) is 20.2 Å². The predicted octanol–water partition coefficient (Wildman–Crippen LogP) is 1.96. The van der Waals surface area contributed by atoms with E-state index in [0.29, 0.717) is 16.8 Å². The molecule has 0 saturated heterocycles. The van der Waals surface area contributed by atoms with Crippen LogP contribution in [0.25, 0.3) is 0 Å². The van der Waals surface area contributed by atoms with Crippen LogP contribution in [0.3, 0.4) is 0 Å². The fourth-order valence-electron chi connectivity index (χ4n) is 2.25. The predicted molar refractivity (Wildman–Crippen MR) is 98.8 cm³/mol. The van der Waals surface area contributed by atoms with Gasteiger partial charge in [0.25, 0.3) is 0 Å². The molecule has 0 bridgehead atoms.